The molecule has 8 heteroatoms. The number of carbonyl (C=O) groups is 1. The fourth-order valence-electron chi connectivity index (χ4n) is 4.36. The molecular formula is C24H28N6OS. The highest BCUT2D eigenvalue weighted by molar-refractivity contribution is 7.17. The highest BCUT2D eigenvalue weighted by Crippen LogP contribution is 2.26. The molecule has 1 amide bonds. The van der Waals surface area contributed by atoms with Gasteiger partial charge in [0.05, 0.1) is 25.0 Å². The molecule has 1 atom stereocenters. The number of aromatic amines is 1. The second kappa shape index (κ2) is 9.16. The number of thiazole rings is 1. The van der Waals surface area contributed by atoms with Gasteiger partial charge in [0, 0.05) is 35.9 Å². The molecule has 32 heavy (non-hydrogen) atoms. The maximum atomic E-state index is 13.1. The van der Waals surface area contributed by atoms with Crippen molar-refractivity contribution in [3.8, 4) is 0 Å². The Balaban J connectivity index is 1.27. The molecule has 0 radical (unpaired) electrons. The van der Waals surface area contributed by atoms with E-state index in [9.17, 15) is 4.79 Å². The minimum atomic E-state index is -0.0308. The van der Waals surface area contributed by atoms with Gasteiger partial charge >= 0.3 is 0 Å². The lowest BCUT2D eigenvalue weighted by Crippen LogP contribution is -2.36. The van der Waals surface area contributed by atoms with Crippen LogP contribution >= 0.6 is 11.3 Å². The molecule has 1 aromatic carbocycles. The first-order valence-electron chi connectivity index (χ1n) is 11.3. The third kappa shape index (κ3) is 4.27. The average molecular weight is 449 g/mol. The van der Waals surface area contributed by atoms with Crippen LogP contribution in [0.4, 0.5) is 5.13 Å². The number of rotatable bonds is 8. The quantitative estimate of drug-likeness (QED) is 0.419. The number of anilines is 1. The zero-order valence-corrected chi connectivity index (χ0v) is 19.1. The number of hydrogen-bond acceptors (Lipinski definition) is 5. The Morgan fingerprint density at radius 1 is 1.28 bits per heavy atom. The maximum Gasteiger partial charge on any atom is 0.263 e. The first-order chi connectivity index (χ1) is 15.7. The van der Waals surface area contributed by atoms with Crippen LogP contribution in [0.2, 0.25) is 0 Å². The molecule has 5 rings (SSSR count). The van der Waals surface area contributed by atoms with Gasteiger partial charge in [-0.15, -0.1) is 0 Å². The van der Waals surface area contributed by atoms with Gasteiger partial charge < -0.3 is 15.2 Å². The number of amides is 1. The Morgan fingerprint density at radius 2 is 2.19 bits per heavy atom. The normalized spacial score (nSPS) is 14.5. The van der Waals surface area contributed by atoms with Gasteiger partial charge in [-0.25, -0.2) is 4.98 Å². The van der Waals surface area contributed by atoms with Crippen molar-refractivity contribution in [3.63, 3.8) is 0 Å². The van der Waals surface area contributed by atoms with Crippen molar-refractivity contribution in [2.24, 2.45) is 0 Å². The maximum absolute atomic E-state index is 13.1. The van der Waals surface area contributed by atoms with Crippen LogP contribution in [0, 0.1) is 0 Å². The van der Waals surface area contributed by atoms with Gasteiger partial charge in [0.15, 0.2) is 5.13 Å². The van der Waals surface area contributed by atoms with Gasteiger partial charge in [-0.05, 0) is 30.5 Å². The molecule has 0 spiro atoms. The van der Waals surface area contributed by atoms with E-state index in [1.54, 1.807) is 6.20 Å². The summed E-state index contributed by atoms with van der Waals surface area (Å²) in [6.07, 6.45) is 9.59. The molecule has 3 aromatic heterocycles. The summed E-state index contributed by atoms with van der Waals surface area (Å²) in [6.45, 7) is 4.65. The summed E-state index contributed by atoms with van der Waals surface area (Å²) in [5.41, 5.74) is 3.56. The van der Waals surface area contributed by atoms with E-state index in [0.29, 0.717) is 4.88 Å². The molecule has 0 saturated carbocycles. The molecule has 0 fully saturated rings. The van der Waals surface area contributed by atoms with Crippen molar-refractivity contribution in [3.05, 3.63) is 65.1 Å². The van der Waals surface area contributed by atoms with Crippen molar-refractivity contribution >= 4 is 33.3 Å². The predicted molar refractivity (Wildman–Crippen MR) is 128 cm³/mol. The van der Waals surface area contributed by atoms with Gasteiger partial charge in [-0.2, -0.15) is 5.10 Å². The summed E-state index contributed by atoms with van der Waals surface area (Å²) >= 11 is 1.47. The number of H-pyrrole nitrogens is 1. The van der Waals surface area contributed by atoms with Crippen molar-refractivity contribution in [1.29, 1.82) is 0 Å². The number of hydrogen-bond donors (Lipinski definition) is 2. The van der Waals surface area contributed by atoms with Crippen LogP contribution in [0.25, 0.3) is 10.9 Å². The average Bonchev–Trinajstić information content (AvgIpc) is 3.56. The van der Waals surface area contributed by atoms with Crippen LogP contribution in [0.1, 0.15) is 47.1 Å². The second-order valence-corrected chi connectivity index (χ2v) is 9.36. The second-order valence-electron chi connectivity index (χ2n) is 8.35. The predicted octanol–water partition coefficient (Wildman–Crippen LogP) is 4.37. The monoisotopic (exact) mass is 448 g/mol. The van der Waals surface area contributed by atoms with E-state index in [1.807, 2.05) is 23.0 Å². The summed E-state index contributed by atoms with van der Waals surface area (Å²) < 4.78 is 2.03. The molecule has 1 unspecified atom stereocenters. The SMILES string of the molecule is CCCCC(Cc1c[nH]c2ccccc12)NC(=O)c1cnc(N2CCn3nccc3C2)s1. The fourth-order valence-corrected chi connectivity index (χ4v) is 5.21. The van der Waals surface area contributed by atoms with Crippen LogP contribution in [0.5, 0.6) is 0 Å². The number of unbranched alkanes of at least 4 members (excludes halogenated alkanes) is 1. The Kier molecular flexibility index (Phi) is 5.94. The molecule has 7 nitrogen and oxygen atoms in total. The number of aromatic nitrogens is 4. The number of fused-ring (bicyclic) bond motifs is 2. The van der Waals surface area contributed by atoms with Gasteiger partial charge in [0.1, 0.15) is 4.88 Å². The summed E-state index contributed by atoms with van der Waals surface area (Å²) in [5, 5.41) is 9.74. The molecule has 0 saturated heterocycles. The standard InChI is InChI=1S/C24H28N6OS/c1-2-3-6-18(13-17-14-25-21-8-5-4-7-20(17)21)28-23(31)22-15-26-24(32-22)29-11-12-30-19(16-29)9-10-27-30/h4-5,7-10,14-15,18,25H,2-3,6,11-13,16H2,1H3,(H,28,31). The molecule has 166 valence electrons. The minimum Gasteiger partial charge on any atom is -0.361 e. The lowest BCUT2D eigenvalue weighted by Gasteiger charge is -2.27. The van der Waals surface area contributed by atoms with Crippen molar-refractivity contribution in [2.75, 3.05) is 11.4 Å². The van der Waals surface area contributed by atoms with Crippen molar-refractivity contribution < 1.29 is 4.79 Å². The zero-order chi connectivity index (χ0) is 21.9. The zero-order valence-electron chi connectivity index (χ0n) is 18.3. The van der Waals surface area contributed by atoms with E-state index in [1.165, 1.54) is 28.0 Å². The highest BCUT2D eigenvalue weighted by atomic mass is 32.1. The Labute approximate surface area is 191 Å². The molecule has 0 aliphatic carbocycles. The minimum absolute atomic E-state index is 0.0308. The van der Waals surface area contributed by atoms with Gasteiger partial charge in [0.2, 0.25) is 0 Å². The van der Waals surface area contributed by atoms with Crippen LogP contribution in [0.15, 0.2) is 48.9 Å². The molecular weight excluding hydrogens is 420 g/mol. The first kappa shape index (κ1) is 20.8. The van der Waals surface area contributed by atoms with Gasteiger partial charge in [0.25, 0.3) is 5.91 Å². The Bertz CT molecular complexity index is 1210. The summed E-state index contributed by atoms with van der Waals surface area (Å²) in [4.78, 5) is 23.9. The summed E-state index contributed by atoms with van der Waals surface area (Å²) in [7, 11) is 0. The van der Waals surface area contributed by atoms with E-state index in [4.69, 9.17) is 0 Å². The number of benzene rings is 1. The Morgan fingerprint density at radius 3 is 3.09 bits per heavy atom. The van der Waals surface area contributed by atoms with E-state index < -0.39 is 0 Å². The lowest BCUT2D eigenvalue weighted by molar-refractivity contribution is 0.0938. The number of nitrogens with one attached hydrogen (secondary N) is 2. The molecule has 2 N–H and O–H groups in total. The third-order valence-corrected chi connectivity index (χ3v) is 7.17. The highest BCUT2D eigenvalue weighted by Gasteiger charge is 2.22. The van der Waals surface area contributed by atoms with E-state index in [2.05, 4.69) is 56.6 Å². The van der Waals surface area contributed by atoms with Crippen molar-refractivity contribution in [1.82, 2.24) is 25.1 Å². The van der Waals surface area contributed by atoms with Crippen molar-refractivity contribution in [2.45, 2.75) is 51.7 Å². The Hall–Kier alpha value is -3.13. The van der Waals surface area contributed by atoms with Crippen LogP contribution in [-0.2, 0) is 19.5 Å². The third-order valence-electron chi connectivity index (χ3n) is 6.11. The number of nitrogens with zero attached hydrogens (tertiary/aromatic N) is 4. The summed E-state index contributed by atoms with van der Waals surface area (Å²) in [6, 6.07) is 10.5. The number of carbonyl (C=O) groups excluding carboxylic acids is 1. The largest absolute Gasteiger partial charge is 0.361 e. The molecule has 1 aliphatic rings. The smallest absolute Gasteiger partial charge is 0.263 e. The van der Waals surface area contributed by atoms with E-state index in [-0.39, 0.29) is 11.9 Å². The van der Waals surface area contributed by atoms with Crippen LogP contribution in [0.3, 0.4) is 0 Å². The molecule has 0 bridgehead atoms. The van der Waals surface area contributed by atoms with E-state index in [0.717, 1.165) is 56.0 Å². The lowest BCUT2D eigenvalue weighted by atomic mass is 10.0. The van der Waals surface area contributed by atoms with Gasteiger partial charge in [-0.3, -0.25) is 9.48 Å². The molecule has 4 aromatic rings. The molecule has 4 heterocycles. The molecule has 1 aliphatic heterocycles. The van der Waals surface area contributed by atoms with Gasteiger partial charge in [-0.1, -0.05) is 49.3 Å². The van der Waals surface area contributed by atoms with Crippen LogP contribution in [-0.4, -0.2) is 38.2 Å². The first-order valence-corrected chi connectivity index (χ1v) is 12.1. The van der Waals surface area contributed by atoms with E-state index >= 15 is 0 Å². The van der Waals surface area contributed by atoms with Crippen LogP contribution < -0.4 is 10.2 Å². The topological polar surface area (TPSA) is 78.8 Å². The fraction of sp³-hybridized carbons (Fsp3) is 0.375. The number of para-hydroxylation sites is 1. The summed E-state index contributed by atoms with van der Waals surface area (Å²) in [5.74, 6) is -0.0308.